The number of rotatable bonds is 5. The number of carbonyl (C=O) groups excluding carboxylic acids is 2. The molecule has 0 fully saturated rings. The molecule has 98 valence electrons. The molecule has 0 aromatic heterocycles. The third kappa shape index (κ3) is 4.32. The summed E-state index contributed by atoms with van der Waals surface area (Å²) in [7, 11) is 0. The van der Waals surface area contributed by atoms with Gasteiger partial charge in [-0.05, 0) is 31.7 Å². The first-order valence-electron chi connectivity index (χ1n) is 6.34. The van der Waals surface area contributed by atoms with E-state index in [0.717, 1.165) is 6.42 Å². The minimum Gasteiger partial charge on any atom is -0.347 e. The van der Waals surface area contributed by atoms with Crippen LogP contribution >= 0.6 is 0 Å². The fourth-order valence-corrected chi connectivity index (χ4v) is 1.72. The largest absolute Gasteiger partial charge is 0.347 e. The highest BCUT2D eigenvalue weighted by molar-refractivity contribution is 6.42. The molecule has 0 saturated heterocycles. The van der Waals surface area contributed by atoms with Crippen LogP contribution in [0.4, 0.5) is 0 Å². The van der Waals surface area contributed by atoms with Gasteiger partial charge in [-0.2, -0.15) is 0 Å². The van der Waals surface area contributed by atoms with Crippen LogP contribution in [0.5, 0.6) is 0 Å². The zero-order chi connectivity index (χ0) is 13.7. The van der Waals surface area contributed by atoms with E-state index in [2.05, 4.69) is 19.2 Å². The average Bonchev–Trinajstić information content (AvgIpc) is 2.27. The lowest BCUT2D eigenvalue weighted by Crippen LogP contribution is -2.35. The molecule has 0 saturated carbocycles. The molecule has 1 N–H and O–H groups in total. The van der Waals surface area contributed by atoms with Crippen LogP contribution in [-0.2, 0) is 11.2 Å². The Balaban J connectivity index is 2.73. The van der Waals surface area contributed by atoms with Gasteiger partial charge in [0, 0.05) is 11.6 Å². The molecule has 0 aliphatic heterocycles. The van der Waals surface area contributed by atoms with Crippen LogP contribution in [0.3, 0.4) is 0 Å². The van der Waals surface area contributed by atoms with Gasteiger partial charge >= 0.3 is 0 Å². The van der Waals surface area contributed by atoms with Crippen LogP contribution < -0.4 is 5.32 Å². The predicted octanol–water partition coefficient (Wildman–Crippen LogP) is 2.59. The molecule has 1 amide bonds. The molecule has 1 rings (SSSR count). The summed E-state index contributed by atoms with van der Waals surface area (Å²) in [5.74, 6) is -0.433. The maximum atomic E-state index is 11.8. The first kappa shape index (κ1) is 14.4. The van der Waals surface area contributed by atoms with Gasteiger partial charge in [0.15, 0.2) is 0 Å². The highest BCUT2D eigenvalue weighted by Gasteiger charge is 2.16. The summed E-state index contributed by atoms with van der Waals surface area (Å²) in [4.78, 5) is 23.4. The molecule has 3 nitrogen and oxygen atoms in total. The predicted molar refractivity (Wildman–Crippen MR) is 72.6 cm³/mol. The smallest absolute Gasteiger partial charge is 0.292 e. The Morgan fingerprint density at radius 2 is 1.61 bits per heavy atom. The number of Topliss-reactive ketones (excluding diaryl/α,β-unsaturated/α-hetero) is 1. The molecule has 0 spiro atoms. The Hall–Kier alpha value is -1.64. The van der Waals surface area contributed by atoms with E-state index < -0.39 is 11.7 Å². The standard InChI is InChI=1S/C15H21NO2/c1-10(2)9-12-5-7-13(8-6-12)14(17)15(18)16-11(3)4/h5-8,10-11H,9H2,1-4H3,(H,16,18). The Morgan fingerprint density at radius 3 is 2.06 bits per heavy atom. The van der Waals surface area contributed by atoms with Crippen molar-refractivity contribution in [2.45, 2.75) is 40.2 Å². The molecular formula is C15H21NO2. The van der Waals surface area contributed by atoms with Gasteiger partial charge in [-0.15, -0.1) is 0 Å². The second-order valence-electron chi connectivity index (χ2n) is 5.25. The second kappa shape index (κ2) is 6.34. The molecule has 0 aliphatic carbocycles. The number of carbonyl (C=O) groups is 2. The van der Waals surface area contributed by atoms with Crippen LogP contribution in [0.1, 0.15) is 43.6 Å². The van der Waals surface area contributed by atoms with Crippen LogP contribution in [0.2, 0.25) is 0 Å². The summed E-state index contributed by atoms with van der Waals surface area (Å²) in [6.45, 7) is 7.96. The molecule has 1 aromatic carbocycles. The first-order valence-corrected chi connectivity index (χ1v) is 6.34. The van der Waals surface area contributed by atoms with Crippen LogP contribution in [0.15, 0.2) is 24.3 Å². The normalized spacial score (nSPS) is 10.8. The van der Waals surface area contributed by atoms with Gasteiger partial charge in [0.25, 0.3) is 5.91 Å². The highest BCUT2D eigenvalue weighted by atomic mass is 16.2. The zero-order valence-electron chi connectivity index (χ0n) is 11.5. The number of amides is 1. The Morgan fingerprint density at radius 1 is 1.06 bits per heavy atom. The van der Waals surface area contributed by atoms with Gasteiger partial charge in [-0.1, -0.05) is 38.1 Å². The number of benzene rings is 1. The fourth-order valence-electron chi connectivity index (χ4n) is 1.72. The van der Waals surface area contributed by atoms with E-state index in [-0.39, 0.29) is 6.04 Å². The van der Waals surface area contributed by atoms with E-state index in [1.807, 2.05) is 26.0 Å². The van der Waals surface area contributed by atoms with E-state index in [1.165, 1.54) is 5.56 Å². The molecule has 0 radical (unpaired) electrons. The van der Waals surface area contributed by atoms with Crippen molar-refractivity contribution < 1.29 is 9.59 Å². The third-order valence-electron chi connectivity index (χ3n) is 2.49. The van der Waals surface area contributed by atoms with Gasteiger partial charge < -0.3 is 5.32 Å². The van der Waals surface area contributed by atoms with Crippen molar-refractivity contribution in [3.05, 3.63) is 35.4 Å². The number of hydrogen-bond donors (Lipinski definition) is 1. The molecule has 0 bridgehead atoms. The van der Waals surface area contributed by atoms with E-state index in [0.29, 0.717) is 11.5 Å². The summed E-state index contributed by atoms with van der Waals surface area (Å²) < 4.78 is 0. The van der Waals surface area contributed by atoms with E-state index >= 15 is 0 Å². The van der Waals surface area contributed by atoms with Gasteiger partial charge in [0.1, 0.15) is 0 Å². The molecular weight excluding hydrogens is 226 g/mol. The Kier molecular flexibility index (Phi) is 5.08. The van der Waals surface area contributed by atoms with Crippen molar-refractivity contribution in [1.82, 2.24) is 5.32 Å². The monoisotopic (exact) mass is 247 g/mol. The van der Waals surface area contributed by atoms with E-state index in [9.17, 15) is 9.59 Å². The third-order valence-corrected chi connectivity index (χ3v) is 2.49. The van der Waals surface area contributed by atoms with Crippen LogP contribution in [-0.4, -0.2) is 17.7 Å². The van der Waals surface area contributed by atoms with Crippen molar-refractivity contribution >= 4 is 11.7 Å². The first-order chi connectivity index (χ1) is 8.40. The summed E-state index contributed by atoms with van der Waals surface area (Å²) >= 11 is 0. The van der Waals surface area contributed by atoms with Crippen molar-refractivity contribution in [3.8, 4) is 0 Å². The SMILES string of the molecule is CC(C)Cc1ccc(C(=O)C(=O)NC(C)C)cc1. The minimum absolute atomic E-state index is 0.0262. The van der Waals surface area contributed by atoms with Gasteiger partial charge in [0.05, 0.1) is 0 Å². The maximum absolute atomic E-state index is 11.8. The van der Waals surface area contributed by atoms with Crippen LogP contribution in [0, 0.1) is 5.92 Å². The maximum Gasteiger partial charge on any atom is 0.292 e. The summed E-state index contributed by atoms with van der Waals surface area (Å²) in [5.41, 5.74) is 1.63. The molecule has 0 heterocycles. The topological polar surface area (TPSA) is 46.2 Å². The summed E-state index contributed by atoms with van der Waals surface area (Å²) in [6.07, 6.45) is 0.979. The molecule has 0 unspecified atom stereocenters. The lowest BCUT2D eigenvalue weighted by Gasteiger charge is -2.08. The van der Waals surface area contributed by atoms with E-state index in [4.69, 9.17) is 0 Å². The van der Waals surface area contributed by atoms with Crippen molar-refractivity contribution in [3.63, 3.8) is 0 Å². The van der Waals surface area contributed by atoms with Crippen molar-refractivity contribution in [2.24, 2.45) is 5.92 Å². The van der Waals surface area contributed by atoms with E-state index in [1.54, 1.807) is 12.1 Å². The van der Waals surface area contributed by atoms with Gasteiger partial charge in [-0.25, -0.2) is 0 Å². The Labute approximate surface area is 109 Å². The van der Waals surface area contributed by atoms with Gasteiger partial charge in [0.2, 0.25) is 5.78 Å². The van der Waals surface area contributed by atoms with Gasteiger partial charge in [-0.3, -0.25) is 9.59 Å². The molecule has 3 heteroatoms. The number of ketones is 1. The quantitative estimate of drug-likeness (QED) is 0.642. The molecule has 1 aromatic rings. The van der Waals surface area contributed by atoms with Crippen LogP contribution in [0.25, 0.3) is 0 Å². The summed E-state index contributed by atoms with van der Waals surface area (Å²) in [6, 6.07) is 7.24. The van der Waals surface area contributed by atoms with Crippen molar-refractivity contribution in [2.75, 3.05) is 0 Å². The Bertz CT molecular complexity index is 419. The minimum atomic E-state index is -0.540. The second-order valence-corrected chi connectivity index (χ2v) is 5.25. The molecule has 0 aliphatic rings. The highest BCUT2D eigenvalue weighted by Crippen LogP contribution is 2.10. The number of nitrogens with one attached hydrogen (secondary N) is 1. The fraction of sp³-hybridized carbons (Fsp3) is 0.467. The lowest BCUT2D eigenvalue weighted by molar-refractivity contribution is -0.117. The zero-order valence-corrected chi connectivity index (χ0v) is 11.5. The molecule has 18 heavy (non-hydrogen) atoms. The average molecular weight is 247 g/mol. The van der Waals surface area contributed by atoms with Crippen molar-refractivity contribution in [1.29, 1.82) is 0 Å². The summed E-state index contributed by atoms with van der Waals surface area (Å²) in [5, 5.41) is 2.60. The molecule has 0 atom stereocenters. The number of hydrogen-bond acceptors (Lipinski definition) is 2. The lowest BCUT2D eigenvalue weighted by atomic mass is 10.0.